The second-order valence-electron chi connectivity index (χ2n) is 14.4. The summed E-state index contributed by atoms with van der Waals surface area (Å²) in [6.07, 6.45) is 15.5. The van der Waals surface area contributed by atoms with Crippen LogP contribution in [0.2, 0.25) is 0 Å². The smallest absolute Gasteiger partial charge is 0.309 e. The fraction of sp³-hybridized carbons (Fsp3) is 0.938. The van der Waals surface area contributed by atoms with Gasteiger partial charge in [0.1, 0.15) is 5.60 Å². The first-order chi connectivity index (χ1) is 18.5. The third-order valence-corrected chi connectivity index (χ3v) is 10.4. The summed E-state index contributed by atoms with van der Waals surface area (Å²) in [5.41, 5.74) is -0.352. The van der Waals surface area contributed by atoms with Gasteiger partial charge in [0.05, 0.1) is 12.0 Å². The summed E-state index contributed by atoms with van der Waals surface area (Å²) in [6, 6.07) is 0.211. The van der Waals surface area contributed by atoms with Gasteiger partial charge >= 0.3 is 5.97 Å². The number of carbonyl (C=O) groups excluding carboxylic acids is 2. The lowest BCUT2D eigenvalue weighted by atomic mass is 9.57. The molecule has 0 aromatic heterocycles. The summed E-state index contributed by atoms with van der Waals surface area (Å²) in [5, 5.41) is 23.0. The molecule has 1 saturated heterocycles. The summed E-state index contributed by atoms with van der Waals surface area (Å²) >= 11 is 4.12. The highest BCUT2D eigenvalue weighted by molar-refractivity contribution is 7.81. The number of rotatable bonds is 5. The van der Waals surface area contributed by atoms with Crippen molar-refractivity contribution in [1.82, 2.24) is 5.32 Å². The largest absolute Gasteiger partial charge is 0.458 e. The van der Waals surface area contributed by atoms with E-state index >= 15 is 0 Å². The molecule has 5 aliphatic rings. The van der Waals surface area contributed by atoms with Gasteiger partial charge in [-0.05, 0) is 101 Å². The third-order valence-electron chi connectivity index (χ3n) is 10.4. The van der Waals surface area contributed by atoms with Gasteiger partial charge in [-0.1, -0.05) is 40.0 Å². The standard InChI is InChI=1S/C28H45NO5.C4H10S/c30-17-18-4-3-5-19(16-18)26(32)29-22-12-8-20(9-13-22)28(21-10-14-23(31)15-11-21)25-7-2-1-6-24(25)27(33)34-28;1-4(2,3)5/h18-25,30-31H,1-17H2,(H,29,32);5H,1-3H3. The summed E-state index contributed by atoms with van der Waals surface area (Å²) in [7, 11) is 0. The maximum absolute atomic E-state index is 13.1. The molecule has 0 aromatic rings. The predicted molar refractivity (Wildman–Crippen MR) is 157 cm³/mol. The molecule has 1 amide bonds. The molecule has 3 N–H and O–H groups in total. The van der Waals surface area contributed by atoms with Gasteiger partial charge in [0.2, 0.25) is 5.91 Å². The van der Waals surface area contributed by atoms with Gasteiger partial charge in [-0.3, -0.25) is 9.59 Å². The molecule has 1 aliphatic heterocycles. The number of ether oxygens (including phenoxy) is 1. The first kappa shape index (κ1) is 31.2. The van der Waals surface area contributed by atoms with Gasteiger partial charge in [-0.2, -0.15) is 12.6 Å². The molecular formula is C32H55NO5S. The zero-order valence-electron chi connectivity index (χ0n) is 24.7. The first-order valence-corrected chi connectivity index (χ1v) is 16.5. The molecule has 0 spiro atoms. The topological polar surface area (TPSA) is 95.9 Å². The first-order valence-electron chi connectivity index (χ1n) is 16.1. The Balaban J connectivity index is 0.000000648. The molecule has 0 radical (unpaired) electrons. The van der Waals surface area contributed by atoms with Crippen molar-refractivity contribution in [2.24, 2.45) is 35.5 Å². The van der Waals surface area contributed by atoms with Gasteiger partial charge in [-0.15, -0.1) is 0 Å². The summed E-state index contributed by atoms with van der Waals surface area (Å²) < 4.78 is 6.71. The van der Waals surface area contributed by atoms with E-state index in [4.69, 9.17) is 4.74 Å². The fourth-order valence-corrected chi connectivity index (χ4v) is 8.61. The van der Waals surface area contributed by atoms with Gasteiger partial charge in [-0.25, -0.2) is 0 Å². The molecule has 0 aromatic carbocycles. The lowest BCUT2D eigenvalue weighted by molar-refractivity contribution is -0.171. The van der Waals surface area contributed by atoms with Crippen LogP contribution in [0.5, 0.6) is 0 Å². The van der Waals surface area contributed by atoms with E-state index in [1.807, 2.05) is 0 Å². The van der Waals surface area contributed by atoms with Crippen molar-refractivity contribution in [3.8, 4) is 0 Å². The van der Waals surface area contributed by atoms with Crippen molar-refractivity contribution in [3.05, 3.63) is 0 Å². The maximum Gasteiger partial charge on any atom is 0.309 e. The van der Waals surface area contributed by atoms with Crippen LogP contribution in [-0.4, -0.2) is 51.2 Å². The molecule has 7 heteroatoms. The Morgan fingerprint density at radius 2 is 1.51 bits per heavy atom. The van der Waals surface area contributed by atoms with Crippen LogP contribution in [0.1, 0.15) is 124 Å². The highest BCUT2D eigenvalue weighted by Gasteiger charge is 2.62. The average Bonchev–Trinajstić information content (AvgIpc) is 3.22. The Morgan fingerprint density at radius 1 is 0.923 bits per heavy atom. The highest BCUT2D eigenvalue weighted by Crippen LogP contribution is 2.58. The van der Waals surface area contributed by atoms with E-state index in [9.17, 15) is 19.8 Å². The van der Waals surface area contributed by atoms with Crippen LogP contribution in [0.25, 0.3) is 0 Å². The second kappa shape index (κ2) is 13.5. The Morgan fingerprint density at radius 3 is 2.13 bits per heavy atom. The lowest BCUT2D eigenvalue weighted by Gasteiger charge is -2.50. The Hall–Kier alpha value is -0.790. The number of nitrogens with one attached hydrogen (secondary N) is 1. The van der Waals surface area contributed by atoms with Crippen LogP contribution in [0.15, 0.2) is 0 Å². The molecule has 0 bridgehead atoms. The third kappa shape index (κ3) is 7.74. The highest BCUT2D eigenvalue weighted by atomic mass is 32.1. The van der Waals surface area contributed by atoms with Crippen molar-refractivity contribution in [2.45, 2.75) is 146 Å². The number of aliphatic hydroxyl groups excluding tert-OH is 2. The molecule has 4 aliphatic carbocycles. The molecule has 5 fully saturated rings. The van der Waals surface area contributed by atoms with Crippen LogP contribution in [0.4, 0.5) is 0 Å². The Labute approximate surface area is 242 Å². The van der Waals surface area contributed by atoms with Crippen LogP contribution in [0, 0.1) is 35.5 Å². The number of carbonyl (C=O) groups is 2. The van der Waals surface area contributed by atoms with Gasteiger partial charge in [0.15, 0.2) is 0 Å². The maximum atomic E-state index is 13.1. The molecule has 5 rings (SSSR count). The molecule has 6 nitrogen and oxygen atoms in total. The van der Waals surface area contributed by atoms with E-state index in [0.29, 0.717) is 17.8 Å². The number of cyclic esters (lactones) is 1. The number of hydrogen-bond acceptors (Lipinski definition) is 6. The minimum absolute atomic E-state index is 0.0435. The van der Waals surface area contributed by atoms with Crippen molar-refractivity contribution in [3.63, 3.8) is 0 Å². The van der Waals surface area contributed by atoms with E-state index in [1.54, 1.807) is 0 Å². The molecular weight excluding hydrogens is 510 g/mol. The van der Waals surface area contributed by atoms with E-state index in [2.05, 4.69) is 38.7 Å². The van der Waals surface area contributed by atoms with Crippen LogP contribution in [0.3, 0.4) is 0 Å². The minimum atomic E-state index is -0.352. The van der Waals surface area contributed by atoms with Crippen LogP contribution in [-0.2, 0) is 14.3 Å². The Bertz CT molecular complexity index is 808. The summed E-state index contributed by atoms with van der Waals surface area (Å²) in [5.74, 6) is 1.68. The predicted octanol–water partition coefficient (Wildman–Crippen LogP) is 5.83. The van der Waals surface area contributed by atoms with Crippen LogP contribution >= 0.6 is 12.6 Å². The number of thiol groups is 1. The van der Waals surface area contributed by atoms with Gasteiger partial charge in [0, 0.05) is 29.2 Å². The quantitative estimate of drug-likeness (QED) is 0.249. The molecule has 224 valence electrons. The zero-order valence-corrected chi connectivity index (χ0v) is 25.6. The molecule has 39 heavy (non-hydrogen) atoms. The monoisotopic (exact) mass is 565 g/mol. The van der Waals surface area contributed by atoms with E-state index in [0.717, 1.165) is 96.3 Å². The number of esters is 1. The second-order valence-corrected chi connectivity index (χ2v) is 15.8. The van der Waals surface area contributed by atoms with Crippen molar-refractivity contribution in [2.75, 3.05) is 6.61 Å². The van der Waals surface area contributed by atoms with E-state index in [1.165, 1.54) is 6.42 Å². The number of aliphatic hydroxyl groups is 2. The number of hydrogen-bond donors (Lipinski definition) is 4. The van der Waals surface area contributed by atoms with E-state index < -0.39 is 0 Å². The van der Waals surface area contributed by atoms with Crippen LogP contribution < -0.4 is 5.32 Å². The Kier molecular flexibility index (Phi) is 10.7. The van der Waals surface area contributed by atoms with Crippen molar-refractivity contribution in [1.29, 1.82) is 0 Å². The number of fused-ring (bicyclic) bond motifs is 1. The number of amides is 1. The molecule has 5 atom stereocenters. The average molecular weight is 566 g/mol. The fourth-order valence-electron chi connectivity index (χ4n) is 8.61. The summed E-state index contributed by atoms with van der Waals surface area (Å²) in [6.45, 7) is 6.35. The molecule has 5 unspecified atom stereocenters. The molecule has 1 heterocycles. The summed E-state index contributed by atoms with van der Waals surface area (Å²) in [4.78, 5) is 26.0. The minimum Gasteiger partial charge on any atom is -0.458 e. The van der Waals surface area contributed by atoms with Crippen molar-refractivity contribution >= 4 is 24.5 Å². The molecule has 4 saturated carbocycles. The normalized spacial score (nSPS) is 41.0. The van der Waals surface area contributed by atoms with E-state index in [-0.39, 0.29) is 58.7 Å². The van der Waals surface area contributed by atoms with Crippen molar-refractivity contribution < 1.29 is 24.5 Å². The van der Waals surface area contributed by atoms with Gasteiger partial charge in [0.25, 0.3) is 0 Å². The van der Waals surface area contributed by atoms with Gasteiger partial charge < -0.3 is 20.3 Å². The SMILES string of the molecule is CC(C)(C)S.O=C(NC1CCC(C2(C3CCC(O)CC3)OC(=O)C3CCCCC32)CC1)C1CCCC(CO)C1. The lowest BCUT2D eigenvalue weighted by Crippen LogP contribution is -2.54. The zero-order chi connectivity index (χ0) is 28.2.